The number of Topliss-reactive ketones (excluding diaryl/α,β-unsaturated/α-hetero) is 1. The van der Waals surface area contributed by atoms with Crippen molar-refractivity contribution in [2.24, 2.45) is 16.2 Å². The van der Waals surface area contributed by atoms with E-state index in [1.54, 1.807) is 41.5 Å². The van der Waals surface area contributed by atoms with Crippen molar-refractivity contribution < 1.29 is 47.8 Å². The molecule has 1 rings (SSSR count). The third-order valence-electron chi connectivity index (χ3n) is 12.9. The summed E-state index contributed by atoms with van der Waals surface area (Å²) in [5, 5.41) is 20.6. The Morgan fingerprint density at radius 3 is 1.49 bits per heavy atom. The van der Waals surface area contributed by atoms with Crippen LogP contribution in [0.5, 0.6) is 0 Å². The maximum atomic E-state index is 14.0. The van der Waals surface area contributed by atoms with Gasteiger partial charge in [0.1, 0.15) is 17.2 Å². The number of urea groups is 1. The van der Waals surface area contributed by atoms with Crippen molar-refractivity contribution in [2.75, 3.05) is 19.6 Å². The number of rotatable bonds is 34. The van der Waals surface area contributed by atoms with E-state index in [1.165, 1.54) is 0 Å². The smallest absolute Gasteiger partial charge is 0.407 e. The van der Waals surface area contributed by atoms with Crippen LogP contribution >= 0.6 is 15.9 Å². The normalized spacial score (nSPS) is 13.7. The van der Waals surface area contributed by atoms with Gasteiger partial charge in [0.15, 0.2) is 0 Å². The molecule has 0 aliphatic carbocycles. The summed E-state index contributed by atoms with van der Waals surface area (Å²) in [4.78, 5) is 105. The van der Waals surface area contributed by atoms with E-state index in [2.05, 4.69) is 115 Å². The SMILES string of the molecule is CC(C)(C)CC[C@H](NC(=O)N[C@@H](CCC(=O)NCCCCCCCC(=O)N[C@@H](CCCCNC(=O)OC(C)(C)C)C(=O)N[C@@H](CCCCNC(=O)CCCc1ccc(Br)cc1)C(=O)C(=O)OC(C)(C)C)C(C)(C)C)C(C)(C)C. The van der Waals surface area contributed by atoms with Crippen LogP contribution in [0.4, 0.5) is 9.59 Å². The molecule has 7 amide bonds. The zero-order valence-electron chi connectivity index (χ0n) is 50.6. The topological polar surface area (TPSA) is 239 Å². The second-order valence-corrected chi connectivity index (χ2v) is 27.2. The molecule has 0 aliphatic heterocycles. The van der Waals surface area contributed by atoms with E-state index in [-0.39, 0.29) is 84.3 Å². The van der Waals surface area contributed by atoms with Gasteiger partial charge in [-0.15, -0.1) is 0 Å². The Kier molecular flexibility index (Phi) is 32.1. The van der Waals surface area contributed by atoms with Gasteiger partial charge in [-0.3, -0.25) is 24.0 Å². The maximum Gasteiger partial charge on any atom is 0.407 e. The summed E-state index contributed by atoms with van der Waals surface area (Å²) in [5.41, 5.74) is -0.699. The molecule has 0 spiro atoms. The van der Waals surface area contributed by atoms with Gasteiger partial charge in [-0.1, -0.05) is 110 Å². The highest BCUT2D eigenvalue weighted by molar-refractivity contribution is 9.10. The van der Waals surface area contributed by atoms with Crippen LogP contribution in [0.3, 0.4) is 0 Å². The maximum absolute atomic E-state index is 14.0. The summed E-state index contributed by atoms with van der Waals surface area (Å²) in [6.45, 7) is 30.6. The Morgan fingerprint density at radius 2 is 0.949 bits per heavy atom. The number of nitrogens with one attached hydrogen (secondary N) is 7. The molecule has 0 radical (unpaired) electrons. The fourth-order valence-electron chi connectivity index (χ4n) is 8.33. The molecule has 0 saturated carbocycles. The van der Waals surface area contributed by atoms with Crippen LogP contribution in [0.15, 0.2) is 28.7 Å². The number of carbonyl (C=O) groups excluding carboxylic acids is 8. The number of aryl methyl sites for hydroxylation is 1. The molecule has 0 aliphatic rings. The Hall–Kier alpha value is -4.74. The summed E-state index contributed by atoms with van der Waals surface area (Å²) in [7, 11) is 0. The lowest BCUT2D eigenvalue weighted by Gasteiger charge is -2.36. The summed E-state index contributed by atoms with van der Waals surface area (Å²) < 4.78 is 11.7. The van der Waals surface area contributed by atoms with Gasteiger partial charge in [0.25, 0.3) is 5.78 Å². The number of halogens is 1. The van der Waals surface area contributed by atoms with Crippen molar-refractivity contribution in [3.63, 3.8) is 0 Å². The van der Waals surface area contributed by atoms with Crippen molar-refractivity contribution in [1.29, 1.82) is 0 Å². The zero-order valence-corrected chi connectivity index (χ0v) is 52.2. The Balaban J connectivity index is 2.81. The molecule has 0 fully saturated rings. The Bertz CT molecular complexity index is 2010. The van der Waals surface area contributed by atoms with E-state index in [1.807, 2.05) is 24.3 Å². The number of carbonyl (C=O) groups is 8. The summed E-state index contributed by atoms with van der Waals surface area (Å²) >= 11 is 3.43. The number of ether oxygens (including phenoxy) is 2. The van der Waals surface area contributed by atoms with Crippen molar-refractivity contribution >= 4 is 63.4 Å². The fourth-order valence-corrected chi connectivity index (χ4v) is 8.59. The molecule has 1 aromatic rings. The van der Waals surface area contributed by atoms with Crippen LogP contribution in [-0.4, -0.2) is 103 Å². The molecule has 446 valence electrons. The molecule has 0 unspecified atom stereocenters. The molecule has 0 heterocycles. The van der Waals surface area contributed by atoms with Crippen LogP contribution in [0.2, 0.25) is 0 Å². The molecule has 1 aromatic carbocycles. The molecule has 78 heavy (non-hydrogen) atoms. The molecular weight excluding hydrogens is 1060 g/mol. The average molecular weight is 1160 g/mol. The highest BCUT2D eigenvalue weighted by Gasteiger charge is 2.34. The largest absolute Gasteiger partial charge is 0.454 e. The number of amides is 7. The molecular formula is C60H104BrN7O10. The lowest BCUT2D eigenvalue weighted by atomic mass is 9.79. The van der Waals surface area contributed by atoms with E-state index in [4.69, 9.17) is 9.47 Å². The zero-order chi connectivity index (χ0) is 59.3. The number of esters is 1. The van der Waals surface area contributed by atoms with Crippen molar-refractivity contribution in [2.45, 2.75) is 261 Å². The minimum absolute atomic E-state index is 0.000331. The minimum Gasteiger partial charge on any atom is -0.454 e. The van der Waals surface area contributed by atoms with Crippen LogP contribution < -0.4 is 37.2 Å². The number of benzene rings is 1. The Labute approximate surface area is 477 Å². The van der Waals surface area contributed by atoms with E-state index < -0.39 is 47.0 Å². The highest BCUT2D eigenvalue weighted by atomic mass is 79.9. The van der Waals surface area contributed by atoms with E-state index in [9.17, 15) is 38.4 Å². The number of ketones is 1. The van der Waals surface area contributed by atoms with Gasteiger partial charge in [-0.25, -0.2) is 14.4 Å². The van der Waals surface area contributed by atoms with Crippen molar-refractivity contribution in [3.05, 3.63) is 34.3 Å². The van der Waals surface area contributed by atoms with Crippen molar-refractivity contribution in [1.82, 2.24) is 37.2 Å². The average Bonchev–Trinajstić information content (AvgIpc) is 3.29. The predicted octanol–water partition coefficient (Wildman–Crippen LogP) is 10.8. The van der Waals surface area contributed by atoms with Gasteiger partial charge < -0.3 is 46.7 Å². The number of alkyl carbamates (subject to hydrolysis) is 1. The van der Waals surface area contributed by atoms with E-state index in [0.29, 0.717) is 64.5 Å². The van der Waals surface area contributed by atoms with Crippen LogP contribution in [0, 0.1) is 16.2 Å². The lowest BCUT2D eigenvalue weighted by Crippen LogP contribution is -2.53. The van der Waals surface area contributed by atoms with Gasteiger partial charge >= 0.3 is 18.1 Å². The molecule has 0 aromatic heterocycles. The summed E-state index contributed by atoms with van der Waals surface area (Å²) in [6, 6.07) is 5.27. The van der Waals surface area contributed by atoms with Crippen LogP contribution in [0.25, 0.3) is 0 Å². The van der Waals surface area contributed by atoms with Crippen LogP contribution in [0.1, 0.15) is 225 Å². The van der Waals surface area contributed by atoms with E-state index >= 15 is 0 Å². The first-order valence-corrected chi connectivity index (χ1v) is 29.5. The molecule has 17 nitrogen and oxygen atoms in total. The fraction of sp³-hybridized carbons (Fsp3) is 0.767. The molecule has 0 bridgehead atoms. The number of unbranched alkanes of at least 4 members (excludes halogenated alkanes) is 6. The third kappa shape index (κ3) is 35.7. The standard InChI is InChI=1S/C60H104BrN7O10/c1-56(2,3)38-37-47(58(7,8)9)68-54(75)67-46(57(4,5)6)35-36-49(70)63-39-22-18-16-17-19-29-50(71)65-45(28-21-24-41-64-55(76)78-60(13,14)15)52(73)66-44(51(72)53(74)77-59(10,11)12)27-20-23-40-62-48(69)30-25-26-42-31-33-43(61)34-32-42/h31-34,44-47H,16-30,35-41H2,1-15H3,(H,62,69)(H,63,70)(H,64,76)(H,65,71)(H,66,73)(H2,67,68,75)/t44-,45-,46-,47-/m0/s1. The van der Waals surface area contributed by atoms with Gasteiger partial charge in [-0.05, 0) is 159 Å². The van der Waals surface area contributed by atoms with Crippen LogP contribution in [-0.2, 0) is 44.7 Å². The highest BCUT2D eigenvalue weighted by Crippen LogP contribution is 2.29. The first kappa shape index (κ1) is 71.3. The lowest BCUT2D eigenvalue weighted by molar-refractivity contribution is -0.163. The second kappa shape index (κ2) is 35.1. The predicted molar refractivity (Wildman–Crippen MR) is 314 cm³/mol. The molecule has 18 heteroatoms. The van der Waals surface area contributed by atoms with Gasteiger partial charge in [0, 0.05) is 55.5 Å². The van der Waals surface area contributed by atoms with Gasteiger partial charge in [-0.2, -0.15) is 0 Å². The second-order valence-electron chi connectivity index (χ2n) is 26.3. The number of hydrogen-bond acceptors (Lipinski definition) is 10. The first-order chi connectivity index (χ1) is 36.0. The van der Waals surface area contributed by atoms with Gasteiger partial charge in [0.2, 0.25) is 23.6 Å². The van der Waals surface area contributed by atoms with E-state index in [0.717, 1.165) is 55.0 Å². The molecule has 0 saturated heterocycles. The molecule has 4 atom stereocenters. The number of hydrogen-bond donors (Lipinski definition) is 7. The van der Waals surface area contributed by atoms with Crippen molar-refractivity contribution in [3.8, 4) is 0 Å². The third-order valence-corrected chi connectivity index (χ3v) is 13.5. The van der Waals surface area contributed by atoms with Gasteiger partial charge in [0.05, 0.1) is 6.04 Å². The first-order valence-electron chi connectivity index (χ1n) is 28.7. The monoisotopic (exact) mass is 1160 g/mol. The Morgan fingerprint density at radius 1 is 0.474 bits per heavy atom. The summed E-state index contributed by atoms with van der Waals surface area (Å²) in [5.74, 6) is -3.13. The summed E-state index contributed by atoms with van der Waals surface area (Å²) in [6.07, 6.45) is 9.87. The quantitative estimate of drug-likeness (QED) is 0.0196. The minimum atomic E-state index is -1.24. The molecule has 7 N–H and O–H groups in total.